The van der Waals surface area contributed by atoms with Crippen molar-refractivity contribution in [3.63, 3.8) is 0 Å². The largest absolute Gasteiger partial charge is 0.349 e. The number of hydrogen-bond acceptors (Lipinski definition) is 4. The van der Waals surface area contributed by atoms with Crippen molar-refractivity contribution in [2.75, 3.05) is 11.4 Å². The van der Waals surface area contributed by atoms with Crippen molar-refractivity contribution in [2.45, 2.75) is 32.7 Å². The lowest BCUT2D eigenvalue weighted by Gasteiger charge is -2.26. The van der Waals surface area contributed by atoms with E-state index in [1.165, 1.54) is 17.7 Å². The average molecular weight is 333 g/mol. The topological polar surface area (TPSA) is 46.8 Å². The molecular formula is C20H23N5. The van der Waals surface area contributed by atoms with Crippen molar-refractivity contribution in [1.82, 2.24) is 19.7 Å². The lowest BCUT2D eigenvalue weighted by molar-refractivity contribution is 0.693. The summed E-state index contributed by atoms with van der Waals surface area (Å²) >= 11 is 0. The number of aryl methyl sites for hydroxylation is 2. The molecule has 5 nitrogen and oxygen atoms in total. The zero-order chi connectivity index (χ0) is 17.4. The highest BCUT2D eigenvalue weighted by Crippen LogP contribution is 2.38. The second-order valence-electron chi connectivity index (χ2n) is 6.66. The lowest BCUT2D eigenvalue weighted by atomic mass is 10.0. The smallest absolute Gasteiger partial charge is 0.161 e. The minimum absolute atomic E-state index is 0.340. The summed E-state index contributed by atoms with van der Waals surface area (Å²) in [4.78, 5) is 11.7. The predicted octanol–water partition coefficient (Wildman–Crippen LogP) is 3.84. The fourth-order valence-corrected chi connectivity index (χ4v) is 3.85. The van der Waals surface area contributed by atoms with Crippen LogP contribution in [0.15, 0.2) is 42.6 Å². The van der Waals surface area contributed by atoms with Crippen LogP contribution in [0, 0.1) is 13.8 Å². The Kier molecular flexibility index (Phi) is 3.99. The van der Waals surface area contributed by atoms with Crippen molar-refractivity contribution in [1.29, 1.82) is 0 Å². The van der Waals surface area contributed by atoms with Gasteiger partial charge in [0.05, 0.1) is 11.7 Å². The molecule has 1 saturated heterocycles. The third-order valence-electron chi connectivity index (χ3n) is 5.12. The van der Waals surface area contributed by atoms with E-state index in [-0.39, 0.29) is 0 Å². The fraction of sp³-hybridized carbons (Fsp3) is 0.350. The van der Waals surface area contributed by atoms with Crippen LogP contribution < -0.4 is 4.90 Å². The molecule has 0 amide bonds. The van der Waals surface area contributed by atoms with E-state index in [1.807, 2.05) is 42.2 Å². The molecule has 0 spiro atoms. The van der Waals surface area contributed by atoms with E-state index in [1.54, 1.807) is 0 Å². The van der Waals surface area contributed by atoms with Crippen molar-refractivity contribution in [3.05, 3.63) is 59.5 Å². The Morgan fingerprint density at radius 3 is 2.60 bits per heavy atom. The molecule has 1 fully saturated rings. The average Bonchev–Trinajstić information content (AvgIpc) is 3.20. The molecule has 3 heterocycles. The molecule has 1 aliphatic heterocycles. The maximum absolute atomic E-state index is 4.85. The summed E-state index contributed by atoms with van der Waals surface area (Å²) in [5.74, 6) is 1.78. The quantitative estimate of drug-likeness (QED) is 0.731. The van der Waals surface area contributed by atoms with Crippen LogP contribution in [0.2, 0.25) is 0 Å². The first-order chi connectivity index (χ1) is 12.1. The van der Waals surface area contributed by atoms with E-state index in [2.05, 4.69) is 41.0 Å². The van der Waals surface area contributed by atoms with Crippen molar-refractivity contribution in [2.24, 2.45) is 7.05 Å². The van der Waals surface area contributed by atoms with E-state index < -0.39 is 0 Å². The van der Waals surface area contributed by atoms with Gasteiger partial charge in [0, 0.05) is 36.6 Å². The second kappa shape index (κ2) is 6.31. The third kappa shape index (κ3) is 2.80. The van der Waals surface area contributed by atoms with Gasteiger partial charge >= 0.3 is 0 Å². The Morgan fingerprint density at radius 1 is 1.08 bits per heavy atom. The SMILES string of the molecule is Cc1nn(C)c(C)c1[C@H]1CCCN1c1ccnc(-c2ccccc2)n1. The van der Waals surface area contributed by atoms with E-state index in [0.29, 0.717) is 6.04 Å². The first-order valence-electron chi connectivity index (χ1n) is 8.80. The maximum Gasteiger partial charge on any atom is 0.161 e. The Morgan fingerprint density at radius 2 is 1.88 bits per heavy atom. The molecule has 1 aliphatic rings. The minimum atomic E-state index is 0.340. The minimum Gasteiger partial charge on any atom is -0.349 e. The van der Waals surface area contributed by atoms with Crippen LogP contribution in [0.4, 0.5) is 5.82 Å². The molecule has 2 aromatic heterocycles. The highest BCUT2D eigenvalue weighted by atomic mass is 15.3. The van der Waals surface area contributed by atoms with Crippen LogP contribution >= 0.6 is 0 Å². The van der Waals surface area contributed by atoms with Gasteiger partial charge in [-0.15, -0.1) is 0 Å². The highest BCUT2D eigenvalue weighted by molar-refractivity contribution is 5.57. The van der Waals surface area contributed by atoms with Gasteiger partial charge in [0.25, 0.3) is 0 Å². The molecular weight excluding hydrogens is 310 g/mol. The first-order valence-corrected chi connectivity index (χ1v) is 8.80. The van der Waals surface area contributed by atoms with Gasteiger partial charge in [0.15, 0.2) is 5.82 Å². The molecule has 0 unspecified atom stereocenters. The molecule has 128 valence electrons. The number of benzene rings is 1. The molecule has 0 radical (unpaired) electrons. The zero-order valence-corrected chi connectivity index (χ0v) is 15.0. The Hall–Kier alpha value is -2.69. The van der Waals surface area contributed by atoms with Crippen molar-refractivity contribution >= 4 is 5.82 Å². The van der Waals surface area contributed by atoms with Crippen LogP contribution in [0.1, 0.15) is 35.8 Å². The van der Waals surface area contributed by atoms with Gasteiger partial charge in [-0.25, -0.2) is 9.97 Å². The summed E-state index contributed by atoms with van der Waals surface area (Å²) in [5, 5.41) is 4.61. The first kappa shape index (κ1) is 15.8. The fourth-order valence-electron chi connectivity index (χ4n) is 3.85. The number of rotatable bonds is 3. The van der Waals surface area contributed by atoms with Gasteiger partial charge in [0.1, 0.15) is 5.82 Å². The van der Waals surface area contributed by atoms with E-state index in [4.69, 9.17) is 4.98 Å². The van der Waals surface area contributed by atoms with Gasteiger partial charge < -0.3 is 4.90 Å². The summed E-state index contributed by atoms with van der Waals surface area (Å²) in [6, 6.07) is 12.5. The molecule has 0 bridgehead atoms. The molecule has 0 aliphatic carbocycles. The summed E-state index contributed by atoms with van der Waals surface area (Å²) in [6.45, 7) is 5.28. The summed E-state index contributed by atoms with van der Waals surface area (Å²) in [7, 11) is 2.02. The monoisotopic (exact) mass is 333 g/mol. The van der Waals surface area contributed by atoms with Crippen molar-refractivity contribution < 1.29 is 0 Å². The van der Waals surface area contributed by atoms with Gasteiger partial charge in [-0.3, -0.25) is 4.68 Å². The lowest BCUT2D eigenvalue weighted by Crippen LogP contribution is -2.24. The molecule has 1 aromatic carbocycles. The molecule has 0 N–H and O–H groups in total. The van der Waals surface area contributed by atoms with Crippen LogP contribution in [-0.4, -0.2) is 26.3 Å². The standard InChI is InChI=1S/C20H23N5/c1-14-19(15(2)24(3)23-14)17-10-7-13-25(17)18-11-12-21-20(22-18)16-8-5-4-6-9-16/h4-6,8-9,11-12,17H,7,10,13H2,1-3H3/t17-/m1/s1. The van der Waals surface area contributed by atoms with E-state index >= 15 is 0 Å². The maximum atomic E-state index is 4.85. The summed E-state index contributed by atoms with van der Waals surface area (Å²) < 4.78 is 1.98. The number of hydrogen-bond donors (Lipinski definition) is 0. The summed E-state index contributed by atoms with van der Waals surface area (Å²) in [5.41, 5.74) is 4.76. The van der Waals surface area contributed by atoms with E-state index in [0.717, 1.165) is 35.9 Å². The third-order valence-corrected chi connectivity index (χ3v) is 5.12. The number of nitrogens with zero attached hydrogens (tertiary/aromatic N) is 5. The van der Waals surface area contributed by atoms with Crippen LogP contribution in [0.3, 0.4) is 0 Å². The molecule has 0 saturated carbocycles. The van der Waals surface area contributed by atoms with Crippen LogP contribution in [0.5, 0.6) is 0 Å². The van der Waals surface area contributed by atoms with Gasteiger partial charge in [-0.2, -0.15) is 5.10 Å². The molecule has 4 rings (SSSR count). The molecule has 1 atom stereocenters. The van der Waals surface area contributed by atoms with Crippen LogP contribution in [-0.2, 0) is 7.05 Å². The zero-order valence-electron chi connectivity index (χ0n) is 15.0. The molecule has 25 heavy (non-hydrogen) atoms. The Balaban J connectivity index is 1.72. The summed E-state index contributed by atoms with van der Waals surface area (Å²) in [6.07, 6.45) is 4.17. The number of aromatic nitrogens is 4. The highest BCUT2D eigenvalue weighted by Gasteiger charge is 2.31. The van der Waals surface area contributed by atoms with Crippen LogP contribution in [0.25, 0.3) is 11.4 Å². The second-order valence-corrected chi connectivity index (χ2v) is 6.66. The van der Waals surface area contributed by atoms with Gasteiger partial charge in [0.2, 0.25) is 0 Å². The molecule has 3 aromatic rings. The van der Waals surface area contributed by atoms with Crippen molar-refractivity contribution in [3.8, 4) is 11.4 Å². The molecule has 5 heteroatoms. The van der Waals surface area contributed by atoms with E-state index in [9.17, 15) is 0 Å². The predicted molar refractivity (Wildman–Crippen MR) is 99.5 cm³/mol. The normalized spacial score (nSPS) is 17.2. The number of anilines is 1. The van der Waals surface area contributed by atoms with Gasteiger partial charge in [-0.05, 0) is 32.8 Å². The Bertz CT molecular complexity index is 884. The van der Waals surface area contributed by atoms with Gasteiger partial charge in [-0.1, -0.05) is 30.3 Å². The Labute approximate surface area is 148 Å².